The molecule has 3 N–H and O–H groups in total. The lowest BCUT2D eigenvalue weighted by Gasteiger charge is -2.29. The van der Waals surface area contributed by atoms with E-state index in [0.717, 1.165) is 12.8 Å². The molecule has 0 aromatic rings. The first kappa shape index (κ1) is 26.4. The Kier molecular flexibility index (Phi) is 7.91. The van der Waals surface area contributed by atoms with Crippen molar-refractivity contribution < 1.29 is 42.2 Å². The predicted molar refractivity (Wildman–Crippen MR) is 112 cm³/mol. The lowest BCUT2D eigenvalue weighted by Crippen LogP contribution is -2.54. The van der Waals surface area contributed by atoms with Gasteiger partial charge in [0.25, 0.3) is 5.91 Å². The van der Waals surface area contributed by atoms with Gasteiger partial charge in [0.2, 0.25) is 11.8 Å². The van der Waals surface area contributed by atoms with E-state index in [4.69, 9.17) is 0 Å². The molecule has 0 aromatic heterocycles. The van der Waals surface area contributed by atoms with Gasteiger partial charge in [0, 0.05) is 19.0 Å². The summed E-state index contributed by atoms with van der Waals surface area (Å²) in [5, 5.41) is 15.5. The number of carbonyl (C=O) groups excluding carboxylic acids is 4. The largest absolute Gasteiger partial charge is 0.522 e. The van der Waals surface area contributed by atoms with Crippen molar-refractivity contribution in [2.45, 2.75) is 76.9 Å². The number of aliphatic hydroxyl groups is 1. The van der Waals surface area contributed by atoms with E-state index in [1.807, 2.05) is 6.92 Å². The zero-order chi connectivity index (χ0) is 25.3. The maximum Gasteiger partial charge on any atom is 0.522 e. The number of likely N-dealkylation sites (tertiary alicyclic amines) is 1. The van der Waals surface area contributed by atoms with Crippen LogP contribution in [0, 0.1) is 17.3 Å². The van der Waals surface area contributed by atoms with Gasteiger partial charge in [-0.05, 0) is 43.4 Å². The van der Waals surface area contributed by atoms with Crippen molar-refractivity contribution in [3.05, 3.63) is 0 Å². The minimum absolute atomic E-state index is 0.168. The van der Waals surface area contributed by atoms with Gasteiger partial charge in [-0.1, -0.05) is 20.3 Å². The van der Waals surface area contributed by atoms with Crippen LogP contribution in [0.25, 0.3) is 0 Å². The summed E-state index contributed by atoms with van der Waals surface area (Å²) in [7, 11) is 0. The van der Waals surface area contributed by atoms with Gasteiger partial charge < -0.3 is 20.6 Å². The number of carbonyl (C=O) groups is 4. The van der Waals surface area contributed by atoms with Gasteiger partial charge in [0.15, 0.2) is 5.78 Å². The van der Waals surface area contributed by atoms with Crippen LogP contribution in [-0.2, 0) is 23.9 Å². The number of alkyl halides is 3. The Labute approximate surface area is 195 Å². The third kappa shape index (κ3) is 6.26. The molecule has 12 heteroatoms. The summed E-state index contributed by atoms with van der Waals surface area (Å²) >= 11 is 0. The fraction of sp³-hybridized carbons (Fsp3) is 0.818. The molecule has 192 valence electrons. The van der Waals surface area contributed by atoms with E-state index in [9.17, 15) is 37.5 Å². The molecule has 1 aliphatic carbocycles. The lowest BCUT2D eigenvalue weighted by atomic mass is 9.95. The molecular formula is C22H32F3N3O6. The number of hydrogen-bond acceptors (Lipinski definition) is 6. The second-order valence-corrected chi connectivity index (χ2v) is 9.79. The van der Waals surface area contributed by atoms with E-state index in [1.165, 1.54) is 4.90 Å². The van der Waals surface area contributed by atoms with Crippen molar-refractivity contribution in [1.82, 2.24) is 15.5 Å². The number of rotatable bonds is 10. The quantitative estimate of drug-likeness (QED) is 0.417. The molecule has 3 fully saturated rings. The third-order valence-corrected chi connectivity index (χ3v) is 7.25. The average Bonchev–Trinajstić information content (AvgIpc) is 3.24. The Morgan fingerprint density at radius 1 is 1.32 bits per heavy atom. The zero-order valence-corrected chi connectivity index (χ0v) is 19.3. The van der Waals surface area contributed by atoms with Crippen LogP contribution >= 0.6 is 0 Å². The molecule has 3 amide bonds. The fourth-order valence-corrected chi connectivity index (χ4v) is 4.64. The number of amides is 3. The molecule has 34 heavy (non-hydrogen) atoms. The number of Topliss-reactive ketones (excluding diaryl/α,β-unsaturated/α-hetero) is 1. The fourth-order valence-electron chi connectivity index (χ4n) is 4.64. The summed E-state index contributed by atoms with van der Waals surface area (Å²) in [5.41, 5.74) is -0.211. The van der Waals surface area contributed by atoms with Crippen LogP contribution in [-0.4, -0.2) is 77.8 Å². The van der Waals surface area contributed by atoms with Gasteiger partial charge in [-0.2, -0.15) is 0 Å². The van der Waals surface area contributed by atoms with Gasteiger partial charge >= 0.3 is 6.36 Å². The smallest absolute Gasteiger partial charge is 0.383 e. The van der Waals surface area contributed by atoms with Crippen molar-refractivity contribution in [2.24, 2.45) is 17.3 Å². The molecule has 3 rings (SSSR count). The SMILES string of the molecule is CC[C@@H](C)[C@@H](O)C(=O)N1CC2(CC2)C[C@H]1C(=O)N[C@@H](C[C@@H]1CCNC1=O)C(=O)COC(F)(F)F. The first-order valence-electron chi connectivity index (χ1n) is 11.7. The first-order chi connectivity index (χ1) is 15.9. The minimum Gasteiger partial charge on any atom is -0.383 e. The van der Waals surface area contributed by atoms with E-state index in [0.29, 0.717) is 32.4 Å². The van der Waals surface area contributed by atoms with Crippen molar-refractivity contribution in [3.8, 4) is 0 Å². The van der Waals surface area contributed by atoms with Crippen LogP contribution in [0.15, 0.2) is 0 Å². The van der Waals surface area contributed by atoms with Gasteiger partial charge in [-0.3, -0.25) is 23.9 Å². The Balaban J connectivity index is 1.74. The normalized spacial score (nSPS) is 26.2. The van der Waals surface area contributed by atoms with Gasteiger partial charge in [-0.25, -0.2) is 0 Å². The van der Waals surface area contributed by atoms with Gasteiger partial charge in [-0.15, -0.1) is 13.2 Å². The number of halogens is 3. The summed E-state index contributed by atoms with van der Waals surface area (Å²) in [4.78, 5) is 52.0. The number of ether oxygens (including phenoxy) is 1. The molecule has 0 aromatic carbocycles. The number of ketones is 1. The Morgan fingerprint density at radius 2 is 2.00 bits per heavy atom. The highest BCUT2D eigenvalue weighted by Gasteiger charge is 2.56. The number of aliphatic hydroxyl groups excluding tert-OH is 1. The van der Waals surface area contributed by atoms with Crippen LogP contribution in [0.5, 0.6) is 0 Å². The highest BCUT2D eigenvalue weighted by molar-refractivity contribution is 5.95. The van der Waals surface area contributed by atoms with Crippen LogP contribution in [0.2, 0.25) is 0 Å². The monoisotopic (exact) mass is 491 g/mol. The average molecular weight is 492 g/mol. The molecule has 1 saturated carbocycles. The molecule has 1 spiro atoms. The van der Waals surface area contributed by atoms with E-state index in [2.05, 4.69) is 15.4 Å². The van der Waals surface area contributed by atoms with Crippen LogP contribution in [0.1, 0.15) is 52.4 Å². The second-order valence-electron chi connectivity index (χ2n) is 9.79. The molecule has 9 nitrogen and oxygen atoms in total. The second kappa shape index (κ2) is 10.2. The third-order valence-electron chi connectivity index (χ3n) is 7.25. The maximum atomic E-state index is 13.2. The Morgan fingerprint density at radius 3 is 2.53 bits per heavy atom. The Bertz CT molecular complexity index is 816. The summed E-state index contributed by atoms with van der Waals surface area (Å²) in [6.07, 6.45) is -3.53. The molecular weight excluding hydrogens is 459 g/mol. The number of nitrogens with zero attached hydrogens (tertiary/aromatic N) is 1. The topological polar surface area (TPSA) is 125 Å². The molecule has 3 aliphatic rings. The minimum atomic E-state index is -5.02. The predicted octanol–water partition coefficient (Wildman–Crippen LogP) is 0.891. The van der Waals surface area contributed by atoms with Gasteiger partial charge in [0.05, 0.1) is 6.04 Å². The maximum absolute atomic E-state index is 13.2. The summed E-state index contributed by atoms with van der Waals surface area (Å²) in [5.74, 6) is -3.56. The molecule has 2 heterocycles. The molecule has 5 atom stereocenters. The lowest BCUT2D eigenvalue weighted by molar-refractivity contribution is -0.321. The van der Waals surface area contributed by atoms with Crippen molar-refractivity contribution in [1.29, 1.82) is 0 Å². The van der Waals surface area contributed by atoms with E-state index < -0.39 is 54.7 Å². The van der Waals surface area contributed by atoms with Crippen molar-refractivity contribution >= 4 is 23.5 Å². The van der Waals surface area contributed by atoms with Crippen molar-refractivity contribution in [2.75, 3.05) is 19.7 Å². The highest BCUT2D eigenvalue weighted by atomic mass is 19.4. The molecule has 2 saturated heterocycles. The summed E-state index contributed by atoms with van der Waals surface area (Å²) in [6.45, 7) is 2.93. The zero-order valence-electron chi connectivity index (χ0n) is 19.3. The highest BCUT2D eigenvalue weighted by Crippen LogP contribution is 2.55. The molecule has 0 unspecified atom stereocenters. The standard InChI is InChI=1S/C22H32F3N3O6/c1-3-12(2)17(30)20(33)28-11-21(5-6-21)9-15(28)19(32)27-14(8-13-4-7-26-18(13)31)16(29)10-34-22(23,24)25/h12-15,17,30H,3-11H2,1-2H3,(H,26,31)(H,27,32)/t12-,13+,14+,15+,17-/m1/s1. The molecule has 0 radical (unpaired) electrons. The Hall–Kier alpha value is -2.21. The summed E-state index contributed by atoms with van der Waals surface area (Å²) < 4.78 is 41.0. The van der Waals surface area contributed by atoms with Crippen LogP contribution in [0.4, 0.5) is 13.2 Å². The van der Waals surface area contributed by atoms with Gasteiger partial charge in [0.1, 0.15) is 18.8 Å². The molecule has 0 bridgehead atoms. The number of nitrogens with one attached hydrogen (secondary N) is 2. The van der Waals surface area contributed by atoms with E-state index in [1.54, 1.807) is 6.92 Å². The first-order valence-corrected chi connectivity index (χ1v) is 11.7. The summed E-state index contributed by atoms with van der Waals surface area (Å²) in [6, 6.07) is -2.33. The van der Waals surface area contributed by atoms with Crippen LogP contribution in [0.3, 0.4) is 0 Å². The van der Waals surface area contributed by atoms with E-state index >= 15 is 0 Å². The van der Waals surface area contributed by atoms with Crippen LogP contribution < -0.4 is 10.6 Å². The van der Waals surface area contributed by atoms with Crippen molar-refractivity contribution in [3.63, 3.8) is 0 Å². The van der Waals surface area contributed by atoms with E-state index in [-0.39, 0.29) is 23.7 Å². The molecule has 2 aliphatic heterocycles. The number of hydrogen-bond donors (Lipinski definition) is 3.